The Hall–Kier alpha value is -1.59. The summed E-state index contributed by atoms with van der Waals surface area (Å²) < 4.78 is 0. The molecule has 0 aliphatic heterocycles. The summed E-state index contributed by atoms with van der Waals surface area (Å²) in [5.74, 6) is 0.623. The van der Waals surface area contributed by atoms with Gasteiger partial charge in [-0.2, -0.15) is 0 Å². The minimum Gasteiger partial charge on any atom is -0.349 e. The van der Waals surface area contributed by atoms with Crippen molar-refractivity contribution in [1.82, 2.24) is 10.6 Å². The van der Waals surface area contributed by atoms with Crippen LogP contribution in [0.4, 0.5) is 5.69 Å². The molecule has 1 aromatic rings. The Morgan fingerprint density at radius 3 is 2.57 bits per heavy atom. The van der Waals surface area contributed by atoms with Crippen LogP contribution in [0, 0.1) is 12.8 Å². The first-order chi connectivity index (χ1) is 10.6. The molecule has 0 spiro atoms. The molecule has 1 aromatic carbocycles. The molecule has 126 valence electrons. The standard InChI is InChI=1S/C17H23N3O2.ClH/c1-11-2-5-13(17(22)19-14-6-7-14)8-15(11)20-16(21)10-18-9-12-3-4-12;/h2,5,8,12,14,18H,3-4,6-7,9-10H2,1H3,(H,19,22)(H,20,21);1H. The number of hydrogen-bond donors (Lipinski definition) is 3. The lowest BCUT2D eigenvalue weighted by atomic mass is 10.1. The second kappa shape index (κ2) is 7.79. The zero-order chi connectivity index (χ0) is 15.5. The summed E-state index contributed by atoms with van der Waals surface area (Å²) in [6, 6.07) is 5.76. The second-order valence-corrected chi connectivity index (χ2v) is 6.40. The van der Waals surface area contributed by atoms with Gasteiger partial charge in [0, 0.05) is 17.3 Å². The van der Waals surface area contributed by atoms with Crippen molar-refractivity contribution >= 4 is 29.9 Å². The Morgan fingerprint density at radius 2 is 1.91 bits per heavy atom. The van der Waals surface area contributed by atoms with Crippen LogP contribution in [0.25, 0.3) is 0 Å². The Labute approximate surface area is 143 Å². The van der Waals surface area contributed by atoms with Gasteiger partial charge in [-0.15, -0.1) is 12.4 Å². The number of rotatable bonds is 7. The Morgan fingerprint density at radius 1 is 1.17 bits per heavy atom. The van der Waals surface area contributed by atoms with Crippen molar-refractivity contribution in [2.45, 2.75) is 38.6 Å². The largest absolute Gasteiger partial charge is 0.349 e. The van der Waals surface area contributed by atoms with Crippen molar-refractivity contribution in [2.75, 3.05) is 18.4 Å². The van der Waals surface area contributed by atoms with Crippen LogP contribution in [0.2, 0.25) is 0 Å². The molecule has 3 N–H and O–H groups in total. The monoisotopic (exact) mass is 337 g/mol. The Bertz CT molecular complexity index is 583. The molecule has 0 aromatic heterocycles. The van der Waals surface area contributed by atoms with Gasteiger partial charge < -0.3 is 16.0 Å². The molecule has 2 aliphatic rings. The van der Waals surface area contributed by atoms with E-state index in [1.807, 2.05) is 13.0 Å². The third-order valence-corrected chi connectivity index (χ3v) is 4.10. The fraction of sp³-hybridized carbons (Fsp3) is 0.529. The van der Waals surface area contributed by atoms with Gasteiger partial charge in [0.1, 0.15) is 0 Å². The van der Waals surface area contributed by atoms with E-state index in [1.54, 1.807) is 12.1 Å². The Kier molecular flexibility index (Phi) is 6.02. The van der Waals surface area contributed by atoms with Crippen LogP contribution in [-0.4, -0.2) is 30.9 Å². The van der Waals surface area contributed by atoms with E-state index in [-0.39, 0.29) is 24.2 Å². The molecule has 2 saturated carbocycles. The lowest BCUT2D eigenvalue weighted by Crippen LogP contribution is -2.30. The number of carbonyl (C=O) groups is 2. The number of nitrogens with one attached hydrogen (secondary N) is 3. The highest BCUT2D eigenvalue weighted by molar-refractivity contribution is 5.98. The number of aryl methyl sites for hydroxylation is 1. The molecule has 5 nitrogen and oxygen atoms in total. The molecule has 0 saturated heterocycles. The molecule has 0 radical (unpaired) electrons. The van der Waals surface area contributed by atoms with Gasteiger partial charge in [0.25, 0.3) is 5.91 Å². The lowest BCUT2D eigenvalue weighted by molar-refractivity contribution is -0.115. The zero-order valence-electron chi connectivity index (χ0n) is 13.4. The Balaban J connectivity index is 0.00000192. The topological polar surface area (TPSA) is 70.2 Å². The summed E-state index contributed by atoms with van der Waals surface area (Å²) in [6.07, 6.45) is 4.67. The van der Waals surface area contributed by atoms with E-state index in [2.05, 4.69) is 16.0 Å². The minimum atomic E-state index is -0.0662. The third-order valence-electron chi connectivity index (χ3n) is 4.10. The van der Waals surface area contributed by atoms with Crippen molar-refractivity contribution < 1.29 is 9.59 Å². The van der Waals surface area contributed by atoms with E-state index in [0.717, 1.165) is 30.9 Å². The van der Waals surface area contributed by atoms with E-state index >= 15 is 0 Å². The smallest absolute Gasteiger partial charge is 0.251 e. The molecule has 0 unspecified atom stereocenters. The maximum absolute atomic E-state index is 12.1. The highest BCUT2D eigenvalue weighted by atomic mass is 35.5. The third kappa shape index (κ3) is 5.52. The first-order valence-corrected chi connectivity index (χ1v) is 8.04. The maximum Gasteiger partial charge on any atom is 0.251 e. The van der Waals surface area contributed by atoms with E-state index in [9.17, 15) is 9.59 Å². The highest BCUT2D eigenvalue weighted by Gasteiger charge is 2.24. The SMILES string of the molecule is Cc1ccc(C(=O)NC2CC2)cc1NC(=O)CNCC1CC1.Cl. The number of benzene rings is 1. The average Bonchev–Trinajstić information content (AvgIpc) is 3.36. The molecule has 3 rings (SSSR count). The molecule has 6 heteroatoms. The average molecular weight is 338 g/mol. The van der Waals surface area contributed by atoms with Gasteiger partial charge in [-0.1, -0.05) is 6.07 Å². The summed E-state index contributed by atoms with van der Waals surface area (Å²) in [7, 11) is 0. The molecule has 2 fully saturated rings. The highest BCUT2D eigenvalue weighted by Crippen LogP contribution is 2.27. The summed E-state index contributed by atoms with van der Waals surface area (Å²) in [5, 5.41) is 9.01. The van der Waals surface area contributed by atoms with Crippen LogP contribution in [0.1, 0.15) is 41.6 Å². The van der Waals surface area contributed by atoms with Crippen LogP contribution >= 0.6 is 12.4 Å². The van der Waals surface area contributed by atoms with Crippen LogP contribution < -0.4 is 16.0 Å². The molecule has 23 heavy (non-hydrogen) atoms. The number of carbonyl (C=O) groups excluding carboxylic acids is 2. The van der Waals surface area contributed by atoms with Gasteiger partial charge in [-0.3, -0.25) is 9.59 Å². The molecule has 2 aliphatic carbocycles. The van der Waals surface area contributed by atoms with Crippen molar-refractivity contribution in [3.8, 4) is 0 Å². The number of hydrogen-bond acceptors (Lipinski definition) is 3. The van der Waals surface area contributed by atoms with Crippen molar-refractivity contribution in [2.24, 2.45) is 5.92 Å². The molecule has 0 heterocycles. The maximum atomic E-state index is 12.1. The predicted molar refractivity (Wildman–Crippen MR) is 93.1 cm³/mol. The van der Waals surface area contributed by atoms with Gasteiger partial charge in [-0.25, -0.2) is 0 Å². The van der Waals surface area contributed by atoms with Crippen LogP contribution in [0.5, 0.6) is 0 Å². The van der Waals surface area contributed by atoms with Crippen molar-refractivity contribution in [1.29, 1.82) is 0 Å². The fourth-order valence-corrected chi connectivity index (χ4v) is 2.30. The number of amides is 2. The second-order valence-electron chi connectivity index (χ2n) is 6.40. The summed E-state index contributed by atoms with van der Waals surface area (Å²) in [6.45, 7) is 3.15. The first kappa shape index (κ1) is 17.8. The van der Waals surface area contributed by atoms with Crippen molar-refractivity contribution in [3.63, 3.8) is 0 Å². The predicted octanol–water partition coefficient (Wildman–Crippen LogP) is 2.25. The fourth-order valence-electron chi connectivity index (χ4n) is 2.30. The van der Waals surface area contributed by atoms with E-state index in [1.165, 1.54) is 12.8 Å². The first-order valence-electron chi connectivity index (χ1n) is 8.04. The van der Waals surface area contributed by atoms with Gasteiger partial charge >= 0.3 is 0 Å². The van der Waals surface area contributed by atoms with Crippen molar-refractivity contribution in [3.05, 3.63) is 29.3 Å². The van der Waals surface area contributed by atoms with Crippen LogP contribution in [0.15, 0.2) is 18.2 Å². The van der Waals surface area contributed by atoms with Gasteiger partial charge in [-0.05, 0) is 62.8 Å². The summed E-state index contributed by atoms with van der Waals surface area (Å²) in [5.41, 5.74) is 2.26. The lowest BCUT2D eigenvalue weighted by Gasteiger charge is -2.11. The molecule has 0 bridgehead atoms. The quantitative estimate of drug-likeness (QED) is 0.714. The van der Waals surface area contributed by atoms with E-state index in [0.29, 0.717) is 23.8 Å². The molecular weight excluding hydrogens is 314 g/mol. The van der Waals surface area contributed by atoms with Gasteiger partial charge in [0.05, 0.1) is 6.54 Å². The number of halogens is 1. The summed E-state index contributed by atoms with van der Waals surface area (Å²) >= 11 is 0. The number of anilines is 1. The molecule has 2 amide bonds. The normalized spacial score (nSPS) is 16.4. The van der Waals surface area contributed by atoms with E-state index < -0.39 is 0 Å². The molecule has 0 atom stereocenters. The summed E-state index contributed by atoms with van der Waals surface area (Å²) in [4.78, 5) is 24.0. The minimum absolute atomic E-state index is 0. The van der Waals surface area contributed by atoms with Crippen LogP contribution in [-0.2, 0) is 4.79 Å². The van der Waals surface area contributed by atoms with Gasteiger partial charge in [0.2, 0.25) is 5.91 Å². The van der Waals surface area contributed by atoms with Gasteiger partial charge in [0.15, 0.2) is 0 Å². The van der Waals surface area contributed by atoms with Crippen LogP contribution in [0.3, 0.4) is 0 Å². The molecular formula is C17H24ClN3O2. The van der Waals surface area contributed by atoms with E-state index in [4.69, 9.17) is 0 Å². The zero-order valence-corrected chi connectivity index (χ0v) is 14.2.